The van der Waals surface area contributed by atoms with Crippen molar-refractivity contribution in [1.82, 2.24) is 0 Å². The minimum atomic E-state index is -3.99. The molecule has 0 heterocycles. The molecule has 4 aromatic carbocycles. The summed E-state index contributed by atoms with van der Waals surface area (Å²) in [6, 6.07) is 15.7. The fourth-order valence-corrected chi connectivity index (χ4v) is 5.18. The average molecular weight is 625 g/mol. The molecule has 5 nitrogen and oxygen atoms in total. The second kappa shape index (κ2) is 12.6. The van der Waals surface area contributed by atoms with E-state index in [0.717, 1.165) is 24.3 Å². The first-order chi connectivity index (χ1) is 20.3. The van der Waals surface area contributed by atoms with E-state index >= 15 is 0 Å². The minimum absolute atomic E-state index is 0.110. The molecule has 4 aromatic rings. The van der Waals surface area contributed by atoms with Crippen molar-refractivity contribution in [1.29, 1.82) is 0 Å². The molecular formula is C30H19F7O5S. The molecule has 0 aliphatic carbocycles. The molecule has 13 heteroatoms. The van der Waals surface area contributed by atoms with E-state index in [0.29, 0.717) is 11.1 Å². The molecule has 0 aliphatic heterocycles. The number of sulfone groups is 1. The molecule has 0 saturated carbocycles. The molecule has 0 aliphatic rings. The maximum Gasteiger partial charge on any atom is 0.344 e. The smallest absolute Gasteiger partial charge is 0.344 e. The van der Waals surface area contributed by atoms with E-state index in [1.54, 1.807) is 6.92 Å². The number of hydrogen-bond acceptors (Lipinski definition) is 5. The lowest BCUT2D eigenvalue weighted by Gasteiger charge is -2.32. The molecule has 0 radical (unpaired) electrons. The van der Waals surface area contributed by atoms with Crippen LogP contribution in [0.5, 0.6) is 17.2 Å². The first-order valence-corrected chi connectivity index (χ1v) is 13.6. The van der Waals surface area contributed by atoms with Crippen LogP contribution in [0, 0.1) is 5.82 Å². The van der Waals surface area contributed by atoms with Crippen LogP contribution in [-0.4, -0.2) is 8.42 Å². The molecule has 4 rings (SSSR count). The highest BCUT2D eigenvalue weighted by atomic mass is 32.2. The van der Waals surface area contributed by atoms with Gasteiger partial charge in [0.05, 0.1) is 9.79 Å². The van der Waals surface area contributed by atoms with Gasteiger partial charge in [-0.05, 0) is 90.8 Å². The van der Waals surface area contributed by atoms with E-state index < -0.39 is 45.4 Å². The largest absolute Gasteiger partial charge is 0.478 e. The van der Waals surface area contributed by atoms with Gasteiger partial charge in [0.2, 0.25) is 9.84 Å². The predicted molar refractivity (Wildman–Crippen MR) is 140 cm³/mol. The van der Waals surface area contributed by atoms with Gasteiger partial charge in [0.15, 0.2) is 5.60 Å². The standard InChI is InChI=1S/C30H19F7O5S/c1-30(18-2-8-21(9-3-18)40-28(36)26(32)33,19-4-10-22(11-5-19)41-29(37)27(34)35)42-23-12-16-25(17-13-23)43(38,39)24-14-6-20(31)7-15-24/h2-17H,1H3. The predicted octanol–water partition coefficient (Wildman–Crippen LogP) is 8.83. The van der Waals surface area contributed by atoms with Crippen molar-refractivity contribution in [2.75, 3.05) is 0 Å². The Morgan fingerprint density at radius 2 is 0.907 bits per heavy atom. The lowest BCUT2D eigenvalue weighted by Crippen LogP contribution is -2.31. The van der Waals surface area contributed by atoms with Crippen molar-refractivity contribution in [3.05, 3.63) is 138 Å². The molecule has 224 valence electrons. The summed E-state index contributed by atoms with van der Waals surface area (Å²) in [5.74, 6) is -0.964. The van der Waals surface area contributed by atoms with Crippen LogP contribution in [0.4, 0.5) is 30.7 Å². The maximum atomic E-state index is 13.3. The van der Waals surface area contributed by atoms with E-state index in [1.807, 2.05) is 0 Å². The highest BCUT2D eigenvalue weighted by Gasteiger charge is 2.32. The lowest BCUT2D eigenvalue weighted by molar-refractivity contribution is 0.132. The van der Waals surface area contributed by atoms with Crippen LogP contribution in [0.1, 0.15) is 18.1 Å². The van der Waals surface area contributed by atoms with Crippen molar-refractivity contribution in [2.45, 2.75) is 22.3 Å². The molecule has 0 unspecified atom stereocenters. The fourth-order valence-electron chi connectivity index (χ4n) is 3.92. The third-order valence-corrected chi connectivity index (χ3v) is 7.89. The van der Waals surface area contributed by atoms with Crippen molar-refractivity contribution in [2.24, 2.45) is 0 Å². The first-order valence-electron chi connectivity index (χ1n) is 12.1. The van der Waals surface area contributed by atoms with Gasteiger partial charge in [0.1, 0.15) is 23.1 Å². The van der Waals surface area contributed by atoms with Gasteiger partial charge in [0.25, 0.3) is 0 Å². The molecule has 0 bridgehead atoms. The van der Waals surface area contributed by atoms with Crippen molar-refractivity contribution < 1.29 is 53.4 Å². The van der Waals surface area contributed by atoms with Gasteiger partial charge in [-0.2, -0.15) is 26.3 Å². The molecule has 43 heavy (non-hydrogen) atoms. The molecular weight excluding hydrogens is 605 g/mol. The SMILES string of the molecule is CC(Oc1ccc(S(=O)(=O)c2ccc(F)cc2)cc1)(c1ccc(OC(F)=C(F)F)cc1)c1ccc(OC(F)=C(F)F)cc1. The number of rotatable bonds is 10. The molecule has 0 N–H and O–H groups in total. The molecule has 0 amide bonds. The summed E-state index contributed by atoms with van der Waals surface area (Å²) >= 11 is 0. The van der Waals surface area contributed by atoms with Crippen LogP contribution in [0.15, 0.2) is 131 Å². The second-order valence-electron chi connectivity index (χ2n) is 8.89. The molecule has 0 saturated heterocycles. The van der Waals surface area contributed by atoms with Gasteiger partial charge in [-0.25, -0.2) is 12.8 Å². The number of benzene rings is 4. The van der Waals surface area contributed by atoms with E-state index in [-0.39, 0.29) is 27.0 Å². The second-order valence-corrected chi connectivity index (χ2v) is 10.8. The topological polar surface area (TPSA) is 61.8 Å². The van der Waals surface area contributed by atoms with Gasteiger partial charge >= 0.3 is 24.2 Å². The summed E-state index contributed by atoms with van der Waals surface area (Å²) in [6.07, 6.45) is -5.30. The van der Waals surface area contributed by atoms with E-state index in [4.69, 9.17) is 4.74 Å². The van der Waals surface area contributed by atoms with Gasteiger partial charge < -0.3 is 14.2 Å². The summed E-state index contributed by atoms with van der Waals surface area (Å²) in [5, 5.41) is 0. The van der Waals surface area contributed by atoms with Gasteiger partial charge in [0, 0.05) is 0 Å². The highest BCUT2D eigenvalue weighted by molar-refractivity contribution is 7.91. The van der Waals surface area contributed by atoms with Gasteiger partial charge in [-0.3, -0.25) is 0 Å². The van der Waals surface area contributed by atoms with E-state index in [2.05, 4.69) is 9.47 Å². The molecule has 0 spiro atoms. The molecule has 0 fully saturated rings. The average Bonchev–Trinajstić information content (AvgIpc) is 2.98. The van der Waals surface area contributed by atoms with Crippen molar-refractivity contribution in [3.63, 3.8) is 0 Å². The summed E-state index contributed by atoms with van der Waals surface area (Å²) < 4.78 is 131. The Balaban J connectivity index is 1.69. The molecule has 0 atom stereocenters. The summed E-state index contributed by atoms with van der Waals surface area (Å²) in [5.41, 5.74) is -0.710. The van der Waals surface area contributed by atoms with E-state index in [9.17, 15) is 39.2 Å². The van der Waals surface area contributed by atoms with Crippen LogP contribution in [-0.2, 0) is 15.4 Å². The Bertz CT molecular complexity index is 1680. The van der Waals surface area contributed by atoms with Gasteiger partial charge in [-0.15, -0.1) is 0 Å². The Labute approximate surface area is 241 Å². The Morgan fingerprint density at radius 3 is 1.28 bits per heavy atom. The van der Waals surface area contributed by atoms with Crippen molar-refractivity contribution >= 4 is 9.84 Å². The van der Waals surface area contributed by atoms with Crippen LogP contribution in [0.25, 0.3) is 0 Å². The zero-order valence-corrected chi connectivity index (χ0v) is 22.6. The Hall–Kier alpha value is -4.78. The summed E-state index contributed by atoms with van der Waals surface area (Å²) in [6.45, 7) is 1.57. The van der Waals surface area contributed by atoms with Crippen molar-refractivity contribution in [3.8, 4) is 17.2 Å². The Morgan fingerprint density at radius 1 is 0.558 bits per heavy atom. The normalized spacial score (nSPS) is 11.4. The van der Waals surface area contributed by atoms with E-state index in [1.165, 1.54) is 72.8 Å². The van der Waals surface area contributed by atoms with Gasteiger partial charge in [-0.1, -0.05) is 24.3 Å². The van der Waals surface area contributed by atoms with Crippen LogP contribution >= 0.6 is 0 Å². The number of hydrogen-bond donors (Lipinski definition) is 0. The molecule has 0 aromatic heterocycles. The van der Waals surface area contributed by atoms with Crippen LogP contribution < -0.4 is 14.2 Å². The summed E-state index contributed by atoms with van der Waals surface area (Å²) in [7, 11) is -3.99. The zero-order chi connectivity index (χ0) is 31.4. The van der Waals surface area contributed by atoms with Crippen LogP contribution in [0.2, 0.25) is 0 Å². The monoisotopic (exact) mass is 624 g/mol. The highest BCUT2D eigenvalue weighted by Crippen LogP contribution is 2.37. The summed E-state index contributed by atoms with van der Waals surface area (Å²) in [4.78, 5) is -0.239. The lowest BCUT2D eigenvalue weighted by atomic mass is 9.87. The quantitative estimate of drug-likeness (QED) is 0.100. The first kappa shape index (κ1) is 31.2. The minimum Gasteiger partial charge on any atom is -0.478 e. The maximum absolute atomic E-state index is 13.3. The third-order valence-electron chi connectivity index (χ3n) is 6.10. The third kappa shape index (κ3) is 7.17. The fraction of sp³-hybridized carbons (Fsp3) is 0.0667. The number of ether oxygens (including phenoxy) is 3. The number of halogens is 7. The Kier molecular flexibility index (Phi) is 9.14. The van der Waals surface area contributed by atoms with Crippen LogP contribution in [0.3, 0.4) is 0 Å². The zero-order valence-electron chi connectivity index (χ0n) is 21.8.